The van der Waals surface area contributed by atoms with Crippen molar-refractivity contribution in [3.05, 3.63) is 33.8 Å². The summed E-state index contributed by atoms with van der Waals surface area (Å²) in [5.74, 6) is 0.146. The van der Waals surface area contributed by atoms with Crippen molar-refractivity contribution in [1.29, 1.82) is 0 Å². The summed E-state index contributed by atoms with van der Waals surface area (Å²) in [4.78, 5) is 16.3. The summed E-state index contributed by atoms with van der Waals surface area (Å²) in [5, 5.41) is 10.5. The van der Waals surface area contributed by atoms with Crippen molar-refractivity contribution in [3.8, 4) is 0 Å². The second-order valence-electron chi connectivity index (χ2n) is 5.74. The Morgan fingerprint density at radius 3 is 2.59 bits per heavy atom. The van der Waals surface area contributed by atoms with Crippen molar-refractivity contribution < 1.29 is 9.90 Å². The zero-order valence-corrected chi connectivity index (χ0v) is 14.3. The van der Waals surface area contributed by atoms with Crippen LogP contribution in [-0.2, 0) is 11.2 Å². The summed E-state index contributed by atoms with van der Waals surface area (Å²) in [7, 11) is 0. The van der Waals surface area contributed by atoms with Gasteiger partial charge in [-0.15, -0.1) is 0 Å². The number of benzene rings is 1. The minimum absolute atomic E-state index is 0.146. The van der Waals surface area contributed by atoms with Crippen LogP contribution in [0.25, 0.3) is 0 Å². The lowest BCUT2D eigenvalue weighted by Crippen LogP contribution is -2.50. The first kappa shape index (κ1) is 17.5. The third-order valence-electron chi connectivity index (χ3n) is 3.89. The predicted octanol–water partition coefficient (Wildman–Crippen LogP) is 2.45. The number of hydrogen-bond donors (Lipinski definition) is 1. The zero-order valence-electron chi connectivity index (χ0n) is 12.8. The summed E-state index contributed by atoms with van der Waals surface area (Å²) < 4.78 is 0. The molecule has 22 heavy (non-hydrogen) atoms. The molecule has 4 nitrogen and oxygen atoms in total. The first-order valence-corrected chi connectivity index (χ1v) is 8.34. The third-order valence-corrected chi connectivity index (χ3v) is 4.75. The Morgan fingerprint density at radius 2 is 1.95 bits per heavy atom. The van der Waals surface area contributed by atoms with Gasteiger partial charge >= 0.3 is 0 Å². The molecule has 0 bridgehead atoms. The number of piperazine rings is 1. The topological polar surface area (TPSA) is 43.8 Å². The highest BCUT2D eigenvalue weighted by atomic mass is 35.5. The van der Waals surface area contributed by atoms with E-state index >= 15 is 0 Å². The standard InChI is InChI=1S/C16H22Cl2N2O2/c1-12(21)11-19-7-9-20(10-8-19)15(22)6-5-13-3-2-4-14(17)16(13)18/h2-4,12,21H,5-11H2,1H3. The van der Waals surface area contributed by atoms with Crippen molar-refractivity contribution in [3.63, 3.8) is 0 Å². The molecule has 1 unspecified atom stereocenters. The molecule has 1 heterocycles. The minimum Gasteiger partial charge on any atom is -0.392 e. The van der Waals surface area contributed by atoms with E-state index in [0.29, 0.717) is 29.4 Å². The monoisotopic (exact) mass is 344 g/mol. The first-order valence-electron chi connectivity index (χ1n) is 7.58. The van der Waals surface area contributed by atoms with E-state index in [-0.39, 0.29) is 12.0 Å². The van der Waals surface area contributed by atoms with E-state index in [2.05, 4.69) is 4.90 Å². The Morgan fingerprint density at radius 1 is 1.27 bits per heavy atom. The molecule has 1 aromatic carbocycles. The fraction of sp³-hybridized carbons (Fsp3) is 0.562. The predicted molar refractivity (Wildman–Crippen MR) is 89.5 cm³/mol. The fourth-order valence-electron chi connectivity index (χ4n) is 2.69. The summed E-state index contributed by atoms with van der Waals surface area (Å²) in [6, 6.07) is 5.50. The number of aryl methyl sites for hydroxylation is 1. The molecule has 0 aromatic heterocycles. The summed E-state index contributed by atoms with van der Waals surface area (Å²) in [6.07, 6.45) is 0.718. The number of carbonyl (C=O) groups excluding carboxylic acids is 1. The molecule has 1 atom stereocenters. The highest BCUT2D eigenvalue weighted by Gasteiger charge is 2.21. The zero-order chi connectivity index (χ0) is 16.1. The molecule has 1 aromatic rings. The normalized spacial score (nSPS) is 17.5. The van der Waals surface area contributed by atoms with E-state index in [0.717, 1.165) is 31.7 Å². The van der Waals surface area contributed by atoms with Crippen LogP contribution in [0.3, 0.4) is 0 Å². The average Bonchev–Trinajstić information content (AvgIpc) is 2.48. The van der Waals surface area contributed by atoms with Gasteiger partial charge in [0.2, 0.25) is 5.91 Å². The lowest BCUT2D eigenvalue weighted by atomic mass is 10.1. The molecule has 2 rings (SSSR count). The van der Waals surface area contributed by atoms with Gasteiger partial charge in [-0.1, -0.05) is 35.3 Å². The molecular formula is C16H22Cl2N2O2. The fourth-order valence-corrected chi connectivity index (χ4v) is 3.11. The van der Waals surface area contributed by atoms with Crippen molar-refractivity contribution in [2.75, 3.05) is 32.7 Å². The number of nitrogens with zero attached hydrogens (tertiary/aromatic N) is 2. The van der Waals surface area contributed by atoms with E-state index in [1.165, 1.54) is 0 Å². The Hall–Kier alpha value is -0.810. The van der Waals surface area contributed by atoms with Crippen LogP contribution in [0.4, 0.5) is 0 Å². The summed E-state index contributed by atoms with van der Waals surface area (Å²) in [6.45, 7) is 5.51. The van der Waals surface area contributed by atoms with Crippen LogP contribution in [0.1, 0.15) is 18.9 Å². The molecule has 0 aliphatic carbocycles. The number of carbonyl (C=O) groups is 1. The third kappa shape index (κ3) is 4.85. The van der Waals surface area contributed by atoms with Crippen molar-refractivity contribution >= 4 is 29.1 Å². The smallest absolute Gasteiger partial charge is 0.222 e. The number of hydrogen-bond acceptors (Lipinski definition) is 3. The molecule has 1 saturated heterocycles. The molecule has 6 heteroatoms. The van der Waals surface area contributed by atoms with Gasteiger partial charge in [-0.25, -0.2) is 0 Å². The Balaban J connectivity index is 1.80. The van der Waals surface area contributed by atoms with Gasteiger partial charge < -0.3 is 10.0 Å². The van der Waals surface area contributed by atoms with E-state index in [4.69, 9.17) is 23.2 Å². The molecule has 1 aliphatic rings. The lowest BCUT2D eigenvalue weighted by molar-refractivity contribution is -0.133. The van der Waals surface area contributed by atoms with Gasteiger partial charge in [-0.05, 0) is 25.0 Å². The van der Waals surface area contributed by atoms with Gasteiger partial charge in [-0.3, -0.25) is 9.69 Å². The largest absolute Gasteiger partial charge is 0.392 e. The maximum Gasteiger partial charge on any atom is 0.222 e. The average molecular weight is 345 g/mol. The molecule has 122 valence electrons. The minimum atomic E-state index is -0.327. The molecular weight excluding hydrogens is 323 g/mol. The molecule has 0 saturated carbocycles. The molecule has 1 amide bonds. The maximum atomic E-state index is 12.3. The molecule has 0 spiro atoms. The second kappa shape index (κ2) is 8.16. The summed E-state index contributed by atoms with van der Waals surface area (Å²) in [5.41, 5.74) is 0.912. The molecule has 1 aliphatic heterocycles. The van der Waals surface area contributed by atoms with E-state index < -0.39 is 0 Å². The van der Waals surface area contributed by atoms with E-state index in [1.807, 2.05) is 17.0 Å². The van der Waals surface area contributed by atoms with Gasteiger partial charge in [0.05, 0.1) is 16.1 Å². The summed E-state index contributed by atoms with van der Waals surface area (Å²) >= 11 is 12.1. The van der Waals surface area contributed by atoms with Gasteiger partial charge in [0.15, 0.2) is 0 Å². The number of halogens is 2. The Kier molecular flexibility index (Phi) is 6.50. The highest BCUT2D eigenvalue weighted by Crippen LogP contribution is 2.26. The number of rotatable bonds is 5. The number of amides is 1. The quantitative estimate of drug-likeness (QED) is 0.892. The van der Waals surface area contributed by atoms with Gasteiger partial charge in [-0.2, -0.15) is 0 Å². The van der Waals surface area contributed by atoms with Crippen LogP contribution in [0.2, 0.25) is 10.0 Å². The van der Waals surface area contributed by atoms with Crippen molar-refractivity contribution in [1.82, 2.24) is 9.80 Å². The van der Waals surface area contributed by atoms with Gasteiger partial charge in [0.25, 0.3) is 0 Å². The van der Waals surface area contributed by atoms with Gasteiger partial charge in [0, 0.05) is 39.1 Å². The van der Waals surface area contributed by atoms with Crippen molar-refractivity contribution in [2.24, 2.45) is 0 Å². The lowest BCUT2D eigenvalue weighted by Gasteiger charge is -2.35. The van der Waals surface area contributed by atoms with Crippen LogP contribution in [0.15, 0.2) is 18.2 Å². The van der Waals surface area contributed by atoms with Crippen LogP contribution >= 0.6 is 23.2 Å². The Bertz CT molecular complexity index is 515. The van der Waals surface area contributed by atoms with E-state index in [9.17, 15) is 9.90 Å². The SMILES string of the molecule is CC(O)CN1CCN(C(=O)CCc2cccc(Cl)c2Cl)CC1. The first-order chi connectivity index (χ1) is 10.5. The van der Waals surface area contributed by atoms with Crippen LogP contribution in [0, 0.1) is 0 Å². The van der Waals surface area contributed by atoms with Crippen LogP contribution < -0.4 is 0 Å². The molecule has 0 radical (unpaired) electrons. The van der Waals surface area contributed by atoms with Gasteiger partial charge in [0.1, 0.15) is 0 Å². The molecule has 1 N–H and O–H groups in total. The molecule has 1 fully saturated rings. The van der Waals surface area contributed by atoms with Crippen LogP contribution in [0.5, 0.6) is 0 Å². The number of β-amino-alcohol motifs (C(OH)–C–C–N with tert-alkyl or cyclic N) is 1. The van der Waals surface area contributed by atoms with Crippen molar-refractivity contribution in [2.45, 2.75) is 25.9 Å². The second-order valence-corrected chi connectivity index (χ2v) is 6.53. The maximum absolute atomic E-state index is 12.3. The highest BCUT2D eigenvalue weighted by molar-refractivity contribution is 6.42. The van der Waals surface area contributed by atoms with Crippen LogP contribution in [-0.4, -0.2) is 59.6 Å². The number of aliphatic hydroxyl groups is 1. The Labute approximate surface area is 141 Å². The number of aliphatic hydroxyl groups excluding tert-OH is 1. The van der Waals surface area contributed by atoms with E-state index in [1.54, 1.807) is 13.0 Å².